The number of carbonyl (C=O) groups is 1. The van der Waals surface area contributed by atoms with Gasteiger partial charge in [0.15, 0.2) is 24.8 Å². The van der Waals surface area contributed by atoms with E-state index in [9.17, 15) is 4.79 Å². The minimum Gasteiger partial charge on any atom is -0.481 e. The quantitative estimate of drug-likeness (QED) is 0.460. The molecule has 0 bridgehead atoms. The van der Waals surface area contributed by atoms with Gasteiger partial charge in [0.25, 0.3) is 0 Å². The number of hydrogen-bond acceptors (Lipinski definition) is 1. The molecule has 0 unspecified atom stereocenters. The molecule has 2 rings (SSSR count). The molecule has 1 N–H and O–H groups in total. The van der Waals surface area contributed by atoms with E-state index in [2.05, 4.69) is 53.6 Å². The van der Waals surface area contributed by atoms with Gasteiger partial charge in [-0.25, -0.2) is 9.13 Å². The van der Waals surface area contributed by atoms with Crippen molar-refractivity contribution in [3.63, 3.8) is 0 Å². The summed E-state index contributed by atoms with van der Waals surface area (Å²) in [6, 6.07) is 8.65. The normalized spacial score (nSPS) is 10.8. The summed E-state index contributed by atoms with van der Waals surface area (Å²) in [6.45, 7) is 1.07. The predicted octanol–water partition coefficient (Wildman–Crippen LogP) is 4.06. The van der Waals surface area contributed by atoms with E-state index in [-0.39, 0.29) is 0 Å². The molecule has 4 heteroatoms. The molecule has 0 aromatic carbocycles. The molecule has 0 atom stereocenters. The third-order valence-corrected chi connectivity index (χ3v) is 4.76. The highest BCUT2D eigenvalue weighted by molar-refractivity contribution is 5.66. The third-order valence-electron chi connectivity index (χ3n) is 4.76. The number of rotatable bonds is 12. The maximum Gasteiger partial charge on any atom is 0.303 e. The van der Waals surface area contributed by atoms with Crippen LogP contribution in [0, 0.1) is 0 Å². The van der Waals surface area contributed by atoms with Crippen molar-refractivity contribution in [2.75, 3.05) is 0 Å². The number of carboxylic acid groups (broad SMARTS) is 1. The number of hydrogen-bond donors (Lipinski definition) is 1. The number of aryl methyl sites for hydroxylation is 2. The van der Waals surface area contributed by atoms with E-state index in [0.29, 0.717) is 6.42 Å². The van der Waals surface area contributed by atoms with Gasteiger partial charge in [-0.1, -0.05) is 32.1 Å². The fourth-order valence-electron chi connectivity index (χ4n) is 3.12. The molecule has 2 heterocycles. The zero-order chi connectivity index (χ0) is 18.6. The first-order valence-corrected chi connectivity index (χ1v) is 9.82. The SMILES string of the molecule is C[n+]1ccc(-c2cc[n+](CCCCCCCCCCC(=O)O)cc2)cc1. The zero-order valence-corrected chi connectivity index (χ0v) is 15.9. The van der Waals surface area contributed by atoms with E-state index in [1.165, 1.54) is 49.7 Å². The molecule has 0 spiro atoms. The van der Waals surface area contributed by atoms with Crippen molar-refractivity contribution in [2.24, 2.45) is 7.05 Å². The first-order valence-electron chi connectivity index (χ1n) is 9.82. The van der Waals surface area contributed by atoms with Gasteiger partial charge in [0.1, 0.15) is 13.6 Å². The average Bonchev–Trinajstić information content (AvgIpc) is 2.64. The second kappa shape index (κ2) is 11.4. The number of unbranched alkanes of at least 4 members (excludes halogenated alkanes) is 7. The Balaban J connectivity index is 1.56. The van der Waals surface area contributed by atoms with Crippen LogP contribution in [0.15, 0.2) is 49.1 Å². The summed E-state index contributed by atoms with van der Waals surface area (Å²) in [5.74, 6) is -0.673. The highest BCUT2D eigenvalue weighted by atomic mass is 16.4. The van der Waals surface area contributed by atoms with Crippen LogP contribution in [0.4, 0.5) is 0 Å². The van der Waals surface area contributed by atoms with Gasteiger partial charge in [-0.3, -0.25) is 4.79 Å². The molecule has 0 aliphatic carbocycles. The fourth-order valence-corrected chi connectivity index (χ4v) is 3.12. The molecule has 0 saturated heterocycles. The minimum absolute atomic E-state index is 0.318. The maximum atomic E-state index is 10.4. The summed E-state index contributed by atoms with van der Waals surface area (Å²) < 4.78 is 4.31. The summed E-state index contributed by atoms with van der Waals surface area (Å²) in [5, 5.41) is 8.59. The van der Waals surface area contributed by atoms with E-state index in [4.69, 9.17) is 5.11 Å². The van der Waals surface area contributed by atoms with E-state index in [1.807, 2.05) is 11.6 Å². The van der Waals surface area contributed by atoms with Crippen molar-refractivity contribution >= 4 is 5.97 Å². The van der Waals surface area contributed by atoms with Crippen LogP contribution in [0.25, 0.3) is 11.1 Å². The molecule has 26 heavy (non-hydrogen) atoms. The van der Waals surface area contributed by atoms with Crippen LogP contribution in [-0.2, 0) is 18.4 Å². The van der Waals surface area contributed by atoms with Gasteiger partial charge < -0.3 is 5.11 Å². The zero-order valence-electron chi connectivity index (χ0n) is 15.9. The first-order chi connectivity index (χ1) is 12.6. The lowest BCUT2D eigenvalue weighted by atomic mass is 10.1. The number of carboxylic acids is 1. The van der Waals surface area contributed by atoms with Crippen molar-refractivity contribution in [3.8, 4) is 11.1 Å². The Morgan fingerprint density at radius 3 is 1.77 bits per heavy atom. The molecule has 2 aromatic rings. The third kappa shape index (κ3) is 7.77. The molecule has 0 amide bonds. The summed E-state index contributed by atoms with van der Waals surface area (Å²) in [6.07, 6.45) is 18.1. The Morgan fingerprint density at radius 2 is 1.23 bits per heavy atom. The second-order valence-corrected chi connectivity index (χ2v) is 7.05. The average molecular weight is 357 g/mol. The lowest BCUT2D eigenvalue weighted by Gasteiger charge is -2.02. The Labute approximate surface area is 157 Å². The monoisotopic (exact) mass is 356 g/mol. The van der Waals surface area contributed by atoms with Crippen molar-refractivity contribution in [1.29, 1.82) is 0 Å². The molecule has 0 aliphatic rings. The highest BCUT2D eigenvalue weighted by Crippen LogP contribution is 2.15. The van der Waals surface area contributed by atoms with Gasteiger partial charge in [0, 0.05) is 37.1 Å². The van der Waals surface area contributed by atoms with Crippen molar-refractivity contribution in [1.82, 2.24) is 0 Å². The van der Waals surface area contributed by atoms with Gasteiger partial charge in [-0.2, -0.15) is 0 Å². The maximum absolute atomic E-state index is 10.4. The van der Waals surface area contributed by atoms with Gasteiger partial charge in [-0.05, 0) is 24.0 Å². The molecule has 2 aromatic heterocycles. The molecule has 0 fully saturated rings. The van der Waals surface area contributed by atoms with Crippen LogP contribution in [0.3, 0.4) is 0 Å². The summed E-state index contributed by atoms with van der Waals surface area (Å²) in [4.78, 5) is 10.4. The van der Waals surface area contributed by atoms with E-state index in [0.717, 1.165) is 19.4 Å². The molecule has 140 valence electrons. The number of aromatic nitrogens is 2. The summed E-state index contributed by atoms with van der Waals surface area (Å²) >= 11 is 0. The second-order valence-electron chi connectivity index (χ2n) is 7.05. The Kier molecular flexibility index (Phi) is 8.81. The van der Waals surface area contributed by atoms with Crippen LogP contribution in [0.2, 0.25) is 0 Å². The van der Waals surface area contributed by atoms with E-state index >= 15 is 0 Å². The Morgan fingerprint density at radius 1 is 0.769 bits per heavy atom. The van der Waals surface area contributed by atoms with E-state index < -0.39 is 5.97 Å². The Hall–Kier alpha value is -2.23. The van der Waals surface area contributed by atoms with Gasteiger partial charge in [0.2, 0.25) is 0 Å². The topological polar surface area (TPSA) is 45.1 Å². The van der Waals surface area contributed by atoms with E-state index in [1.54, 1.807) is 0 Å². The first kappa shape index (κ1) is 20.1. The largest absolute Gasteiger partial charge is 0.481 e. The number of pyridine rings is 2. The van der Waals surface area contributed by atoms with Gasteiger partial charge in [0.05, 0.1) is 0 Å². The standard InChI is InChI=1S/C22H31N2O2/c1-23-16-11-20(12-17-23)21-13-18-24(19-14-21)15-9-7-5-3-2-4-6-8-10-22(25)26/h11-14,16-19H,2-10,15H2,1H3/q+1/p+1. The molecule has 0 saturated carbocycles. The van der Waals surface area contributed by atoms with Gasteiger partial charge in [-0.15, -0.1) is 0 Å². The fraction of sp³-hybridized carbons (Fsp3) is 0.500. The van der Waals surface area contributed by atoms with Crippen LogP contribution >= 0.6 is 0 Å². The van der Waals surface area contributed by atoms with Crippen molar-refractivity contribution in [2.45, 2.75) is 64.3 Å². The van der Waals surface area contributed by atoms with Crippen molar-refractivity contribution < 1.29 is 19.0 Å². The van der Waals surface area contributed by atoms with Crippen LogP contribution in [-0.4, -0.2) is 11.1 Å². The number of aliphatic carboxylic acids is 1. The smallest absolute Gasteiger partial charge is 0.303 e. The van der Waals surface area contributed by atoms with Gasteiger partial charge >= 0.3 is 5.97 Å². The lowest BCUT2D eigenvalue weighted by molar-refractivity contribution is -0.697. The number of nitrogens with zero attached hydrogens (tertiary/aromatic N) is 2. The molecular formula is C22H32N2O2+2. The van der Waals surface area contributed by atoms with Crippen LogP contribution in [0.5, 0.6) is 0 Å². The Bertz CT molecular complexity index is 651. The molecule has 4 nitrogen and oxygen atoms in total. The molecule has 0 radical (unpaired) electrons. The van der Waals surface area contributed by atoms with Crippen LogP contribution in [0.1, 0.15) is 57.8 Å². The molecule has 0 aliphatic heterocycles. The van der Waals surface area contributed by atoms with Crippen molar-refractivity contribution in [3.05, 3.63) is 49.1 Å². The molecular weight excluding hydrogens is 324 g/mol. The van der Waals surface area contributed by atoms with Crippen LogP contribution < -0.4 is 9.13 Å². The lowest BCUT2D eigenvalue weighted by Crippen LogP contribution is -2.32. The predicted molar refractivity (Wildman–Crippen MR) is 102 cm³/mol. The summed E-state index contributed by atoms with van der Waals surface area (Å²) in [5.41, 5.74) is 2.50. The summed E-state index contributed by atoms with van der Waals surface area (Å²) in [7, 11) is 2.03. The minimum atomic E-state index is -0.673. The highest BCUT2D eigenvalue weighted by Gasteiger charge is 2.04.